The lowest BCUT2D eigenvalue weighted by atomic mass is 9.97. The first kappa shape index (κ1) is 15.5. The maximum Gasteiger partial charge on any atom is 0.0528 e. The van der Waals surface area contributed by atoms with Gasteiger partial charge in [-0.25, -0.2) is 0 Å². The van der Waals surface area contributed by atoms with E-state index in [1.807, 2.05) is 7.05 Å². The van der Waals surface area contributed by atoms with E-state index in [0.717, 1.165) is 12.0 Å². The van der Waals surface area contributed by atoms with Gasteiger partial charge in [-0.05, 0) is 42.6 Å². The summed E-state index contributed by atoms with van der Waals surface area (Å²) in [5.74, 6) is 0. The molecule has 1 unspecified atom stereocenters. The number of nitrogens with one attached hydrogen (secondary N) is 1. The zero-order valence-electron chi connectivity index (χ0n) is 13.3. The second-order valence-electron chi connectivity index (χ2n) is 5.64. The molecule has 0 saturated heterocycles. The molecule has 0 amide bonds. The predicted octanol–water partition coefficient (Wildman–Crippen LogP) is 5.14. The van der Waals surface area contributed by atoms with Gasteiger partial charge < -0.3 is 5.32 Å². The Morgan fingerprint density at radius 3 is 1.95 bits per heavy atom. The minimum atomic E-state index is 0.228. The predicted molar refractivity (Wildman–Crippen MR) is 92.5 cm³/mol. The van der Waals surface area contributed by atoms with Crippen LogP contribution in [-0.4, -0.2) is 7.05 Å². The Balaban J connectivity index is 2.20. The molecule has 21 heavy (non-hydrogen) atoms. The molecule has 1 atom stereocenters. The van der Waals surface area contributed by atoms with E-state index in [1.54, 1.807) is 0 Å². The van der Waals surface area contributed by atoms with Gasteiger partial charge in [-0.2, -0.15) is 0 Å². The van der Waals surface area contributed by atoms with Gasteiger partial charge in [0.25, 0.3) is 0 Å². The summed E-state index contributed by atoms with van der Waals surface area (Å²) in [6.07, 6.45) is 2.35. The van der Waals surface area contributed by atoms with E-state index < -0.39 is 0 Å². The molecule has 0 radical (unpaired) electrons. The highest BCUT2D eigenvalue weighted by Gasteiger charge is 2.09. The van der Waals surface area contributed by atoms with Gasteiger partial charge >= 0.3 is 0 Å². The quantitative estimate of drug-likeness (QED) is 0.722. The fourth-order valence-corrected chi connectivity index (χ4v) is 2.72. The van der Waals surface area contributed by atoms with E-state index >= 15 is 0 Å². The Morgan fingerprint density at radius 2 is 1.52 bits per heavy atom. The zero-order valence-corrected chi connectivity index (χ0v) is 13.3. The van der Waals surface area contributed by atoms with Crippen molar-refractivity contribution in [2.75, 3.05) is 7.05 Å². The third kappa shape index (κ3) is 3.83. The lowest BCUT2D eigenvalue weighted by Gasteiger charge is -2.17. The molecule has 110 valence electrons. The van der Waals surface area contributed by atoms with Crippen LogP contribution < -0.4 is 5.32 Å². The van der Waals surface area contributed by atoms with Crippen LogP contribution in [0.5, 0.6) is 0 Å². The second kappa shape index (κ2) is 7.24. The fraction of sp³-hybridized carbons (Fsp3) is 0.300. The van der Waals surface area contributed by atoms with Gasteiger partial charge in [0, 0.05) is 0 Å². The van der Waals surface area contributed by atoms with Crippen LogP contribution in [0.3, 0.4) is 0 Å². The number of hydrogen-bond donors (Lipinski definition) is 1. The molecule has 1 nitrogen and oxygen atoms in total. The van der Waals surface area contributed by atoms with E-state index in [4.69, 9.17) is 0 Å². The highest BCUT2D eigenvalue weighted by Crippen LogP contribution is 2.25. The van der Waals surface area contributed by atoms with E-state index in [2.05, 4.69) is 74.3 Å². The lowest BCUT2D eigenvalue weighted by Crippen LogP contribution is -2.16. The normalized spacial score (nSPS) is 12.1. The molecule has 0 aliphatic rings. The molecule has 0 aliphatic heterocycles. The SMILES string of the molecule is C=C(C)C(NC)c1ccc(-c2ccc(CCC)cc2)cc1. The number of hydrogen-bond acceptors (Lipinski definition) is 1. The van der Waals surface area contributed by atoms with Crippen molar-refractivity contribution in [1.29, 1.82) is 0 Å². The molecule has 2 rings (SSSR count). The number of benzene rings is 2. The Hall–Kier alpha value is -1.86. The van der Waals surface area contributed by atoms with Crippen LogP contribution in [-0.2, 0) is 6.42 Å². The summed E-state index contributed by atoms with van der Waals surface area (Å²) in [5, 5.41) is 3.30. The largest absolute Gasteiger partial charge is 0.310 e. The maximum absolute atomic E-state index is 4.05. The van der Waals surface area contributed by atoms with Crippen LogP contribution in [0.15, 0.2) is 60.7 Å². The van der Waals surface area contributed by atoms with Crippen LogP contribution >= 0.6 is 0 Å². The molecule has 0 bridgehead atoms. The standard InChI is InChI=1S/C20H25N/c1-5-6-16-7-9-17(10-8-16)18-11-13-19(14-12-18)20(21-4)15(2)3/h7-14,20-21H,2,5-6H2,1,3-4H3. The molecule has 2 aromatic carbocycles. The van der Waals surface area contributed by atoms with Crippen molar-refractivity contribution in [3.05, 3.63) is 71.8 Å². The molecule has 1 heteroatoms. The first-order valence-electron chi connectivity index (χ1n) is 7.67. The van der Waals surface area contributed by atoms with Gasteiger partial charge in [0.2, 0.25) is 0 Å². The zero-order chi connectivity index (χ0) is 15.2. The highest BCUT2D eigenvalue weighted by atomic mass is 14.9. The Bertz CT molecular complexity index is 578. The topological polar surface area (TPSA) is 12.0 Å². The van der Waals surface area contributed by atoms with Gasteiger partial charge in [0.05, 0.1) is 6.04 Å². The van der Waals surface area contributed by atoms with E-state index in [9.17, 15) is 0 Å². The van der Waals surface area contributed by atoms with Gasteiger partial charge in [-0.3, -0.25) is 0 Å². The van der Waals surface area contributed by atoms with Crippen LogP contribution in [0.2, 0.25) is 0 Å². The molecule has 0 heterocycles. The van der Waals surface area contributed by atoms with Crippen molar-refractivity contribution in [2.24, 2.45) is 0 Å². The van der Waals surface area contributed by atoms with Crippen LogP contribution in [0, 0.1) is 0 Å². The third-order valence-corrected chi connectivity index (χ3v) is 3.85. The Morgan fingerprint density at radius 1 is 1.00 bits per heavy atom. The summed E-state index contributed by atoms with van der Waals surface area (Å²) in [6, 6.07) is 17.9. The molecular formula is C20H25N. The minimum Gasteiger partial charge on any atom is -0.310 e. The van der Waals surface area contributed by atoms with Gasteiger partial charge in [0.15, 0.2) is 0 Å². The second-order valence-corrected chi connectivity index (χ2v) is 5.64. The fourth-order valence-electron chi connectivity index (χ4n) is 2.72. The molecule has 2 aromatic rings. The Kier molecular flexibility index (Phi) is 5.35. The van der Waals surface area contributed by atoms with Crippen molar-refractivity contribution >= 4 is 0 Å². The molecule has 1 N–H and O–H groups in total. The number of rotatable bonds is 6. The van der Waals surface area contributed by atoms with Gasteiger partial charge in [-0.15, -0.1) is 0 Å². The summed E-state index contributed by atoms with van der Waals surface area (Å²) in [7, 11) is 1.97. The monoisotopic (exact) mass is 279 g/mol. The molecular weight excluding hydrogens is 254 g/mol. The molecule has 0 saturated carbocycles. The van der Waals surface area contributed by atoms with Crippen molar-refractivity contribution in [3.8, 4) is 11.1 Å². The van der Waals surface area contributed by atoms with Crippen LogP contribution in [0.25, 0.3) is 11.1 Å². The first-order valence-corrected chi connectivity index (χ1v) is 7.67. The van der Waals surface area contributed by atoms with E-state index in [0.29, 0.717) is 0 Å². The lowest BCUT2D eigenvalue weighted by molar-refractivity contribution is 0.680. The summed E-state index contributed by atoms with van der Waals surface area (Å²) >= 11 is 0. The molecule has 0 fully saturated rings. The molecule has 0 spiro atoms. The molecule has 0 aliphatic carbocycles. The van der Waals surface area contributed by atoms with Crippen LogP contribution in [0.4, 0.5) is 0 Å². The maximum atomic E-state index is 4.05. The van der Waals surface area contributed by atoms with E-state index in [-0.39, 0.29) is 6.04 Å². The smallest absolute Gasteiger partial charge is 0.0528 e. The Labute approximate surface area is 128 Å². The molecule has 0 aromatic heterocycles. The first-order chi connectivity index (χ1) is 10.2. The van der Waals surface area contributed by atoms with Crippen molar-refractivity contribution in [2.45, 2.75) is 32.7 Å². The third-order valence-electron chi connectivity index (χ3n) is 3.85. The number of likely N-dealkylation sites (N-methyl/N-ethyl adjacent to an activating group) is 1. The van der Waals surface area contributed by atoms with Crippen LogP contribution in [0.1, 0.15) is 37.4 Å². The van der Waals surface area contributed by atoms with Crippen molar-refractivity contribution in [1.82, 2.24) is 5.32 Å². The van der Waals surface area contributed by atoms with E-state index in [1.165, 1.54) is 28.7 Å². The highest BCUT2D eigenvalue weighted by molar-refractivity contribution is 5.64. The summed E-state index contributed by atoms with van der Waals surface area (Å²) in [4.78, 5) is 0. The summed E-state index contributed by atoms with van der Waals surface area (Å²) in [6.45, 7) is 8.32. The summed E-state index contributed by atoms with van der Waals surface area (Å²) < 4.78 is 0. The van der Waals surface area contributed by atoms with Crippen molar-refractivity contribution < 1.29 is 0 Å². The minimum absolute atomic E-state index is 0.228. The summed E-state index contributed by atoms with van der Waals surface area (Å²) in [5.41, 5.74) is 6.34. The van der Waals surface area contributed by atoms with Crippen molar-refractivity contribution in [3.63, 3.8) is 0 Å². The average Bonchev–Trinajstić information content (AvgIpc) is 2.49. The average molecular weight is 279 g/mol. The van der Waals surface area contributed by atoms with Gasteiger partial charge in [0.1, 0.15) is 0 Å². The number of aryl methyl sites for hydroxylation is 1. The van der Waals surface area contributed by atoms with Gasteiger partial charge in [-0.1, -0.05) is 74.0 Å².